The Morgan fingerprint density at radius 2 is 2.08 bits per heavy atom. The van der Waals surface area contributed by atoms with E-state index < -0.39 is 11.7 Å². The van der Waals surface area contributed by atoms with Gasteiger partial charge in [-0.1, -0.05) is 29.3 Å². The van der Waals surface area contributed by atoms with Crippen LogP contribution in [0, 0.1) is 0 Å². The second-order valence-electron chi connectivity index (χ2n) is 4.71. The van der Waals surface area contributed by atoms with Crippen LogP contribution >= 0.6 is 34.5 Å². The van der Waals surface area contributed by atoms with Crippen molar-refractivity contribution in [2.24, 2.45) is 0 Å². The summed E-state index contributed by atoms with van der Waals surface area (Å²) in [6.45, 7) is -0.312. The van der Waals surface area contributed by atoms with Crippen molar-refractivity contribution >= 4 is 51.8 Å². The number of halogens is 2. The van der Waals surface area contributed by atoms with E-state index >= 15 is 0 Å². The van der Waals surface area contributed by atoms with E-state index in [4.69, 9.17) is 33.4 Å². The van der Waals surface area contributed by atoms with Crippen LogP contribution in [0.1, 0.15) is 0 Å². The van der Waals surface area contributed by atoms with Gasteiger partial charge in [-0.05, 0) is 23.6 Å². The molecule has 2 aromatic heterocycles. The molecular formula is C14H10Cl2N4O3S. The third kappa shape index (κ3) is 3.45. The van der Waals surface area contributed by atoms with E-state index in [-0.39, 0.29) is 28.2 Å². The van der Waals surface area contributed by atoms with Gasteiger partial charge in [0.1, 0.15) is 6.54 Å². The maximum absolute atomic E-state index is 12.1. The highest BCUT2D eigenvalue weighted by atomic mass is 35.5. The lowest BCUT2D eigenvalue weighted by Crippen LogP contribution is -2.25. The van der Waals surface area contributed by atoms with E-state index in [2.05, 4.69) is 10.4 Å². The average Bonchev–Trinajstić information content (AvgIpc) is 3.15. The largest absolute Gasteiger partial charge is 0.437 e. The zero-order chi connectivity index (χ0) is 17.3. The summed E-state index contributed by atoms with van der Waals surface area (Å²) >= 11 is 13.2. The van der Waals surface area contributed by atoms with Crippen LogP contribution in [-0.4, -0.2) is 15.7 Å². The molecule has 0 aliphatic carbocycles. The number of thiophene rings is 1. The standard InChI is InChI=1S/C14H10Cl2N4O3S/c15-8-4-7(5-9(16)12(8)17)18-11(21)6-20-14(22)23-13(19-20)10-2-1-3-24-10/h1-5H,6,17H2,(H,18,21). The molecule has 3 aromatic rings. The maximum Gasteiger partial charge on any atom is 0.437 e. The van der Waals surface area contributed by atoms with Crippen molar-refractivity contribution < 1.29 is 9.21 Å². The van der Waals surface area contributed by atoms with Gasteiger partial charge in [0.15, 0.2) is 0 Å². The predicted octanol–water partition coefficient (Wildman–Crippen LogP) is 3.09. The SMILES string of the molecule is Nc1c(Cl)cc(NC(=O)Cn2nc(-c3cccs3)oc2=O)cc1Cl. The molecular weight excluding hydrogens is 375 g/mol. The molecule has 7 nitrogen and oxygen atoms in total. The highest BCUT2D eigenvalue weighted by Crippen LogP contribution is 2.31. The number of nitrogens with one attached hydrogen (secondary N) is 1. The third-order valence-electron chi connectivity index (χ3n) is 2.99. The van der Waals surface area contributed by atoms with Crippen LogP contribution in [-0.2, 0) is 11.3 Å². The Balaban J connectivity index is 1.75. The van der Waals surface area contributed by atoms with Gasteiger partial charge in [0.2, 0.25) is 5.91 Å². The zero-order valence-electron chi connectivity index (χ0n) is 12.0. The van der Waals surface area contributed by atoms with Crippen molar-refractivity contribution in [3.8, 4) is 10.8 Å². The first kappa shape index (κ1) is 16.6. The Morgan fingerprint density at radius 1 is 1.38 bits per heavy atom. The Bertz CT molecular complexity index is 926. The van der Waals surface area contributed by atoms with Crippen LogP contribution in [0.4, 0.5) is 11.4 Å². The van der Waals surface area contributed by atoms with Crippen molar-refractivity contribution in [3.05, 3.63) is 50.2 Å². The van der Waals surface area contributed by atoms with E-state index in [1.54, 1.807) is 12.1 Å². The maximum atomic E-state index is 12.1. The summed E-state index contributed by atoms with van der Waals surface area (Å²) in [5.74, 6) is -1.04. The number of anilines is 2. The van der Waals surface area contributed by atoms with Gasteiger partial charge in [-0.15, -0.1) is 16.4 Å². The first-order valence-corrected chi connectivity index (χ1v) is 8.24. The molecule has 0 saturated heterocycles. The first-order valence-electron chi connectivity index (χ1n) is 6.60. The number of nitrogen functional groups attached to an aromatic ring is 1. The summed E-state index contributed by atoms with van der Waals surface area (Å²) in [6.07, 6.45) is 0. The normalized spacial score (nSPS) is 10.8. The van der Waals surface area contributed by atoms with Crippen molar-refractivity contribution in [2.45, 2.75) is 6.54 Å². The van der Waals surface area contributed by atoms with E-state index in [9.17, 15) is 9.59 Å². The van der Waals surface area contributed by atoms with Crippen molar-refractivity contribution in [1.29, 1.82) is 0 Å². The Hall–Kier alpha value is -2.29. The Morgan fingerprint density at radius 3 is 2.71 bits per heavy atom. The van der Waals surface area contributed by atoms with Crippen molar-refractivity contribution in [1.82, 2.24) is 9.78 Å². The molecule has 0 atom stereocenters. The van der Waals surface area contributed by atoms with Gasteiger partial charge in [0.05, 0.1) is 20.6 Å². The third-order valence-corrected chi connectivity index (χ3v) is 4.48. The van der Waals surface area contributed by atoms with E-state index in [1.807, 2.05) is 5.38 Å². The number of amides is 1. The number of carbonyl (C=O) groups excluding carboxylic acids is 1. The lowest BCUT2D eigenvalue weighted by Gasteiger charge is -2.08. The predicted molar refractivity (Wildman–Crippen MR) is 93.6 cm³/mol. The molecule has 3 N–H and O–H groups in total. The highest BCUT2D eigenvalue weighted by molar-refractivity contribution is 7.13. The molecule has 2 heterocycles. The molecule has 0 radical (unpaired) electrons. The number of aromatic nitrogens is 2. The monoisotopic (exact) mass is 384 g/mol. The van der Waals surface area contributed by atoms with Crippen LogP contribution in [0.3, 0.4) is 0 Å². The summed E-state index contributed by atoms with van der Waals surface area (Å²) in [5.41, 5.74) is 6.22. The fraction of sp³-hybridized carbons (Fsp3) is 0.0714. The van der Waals surface area contributed by atoms with Gasteiger partial charge >= 0.3 is 5.76 Å². The summed E-state index contributed by atoms with van der Waals surface area (Å²) < 4.78 is 5.97. The molecule has 0 fully saturated rings. The fourth-order valence-electron chi connectivity index (χ4n) is 1.90. The molecule has 1 aromatic carbocycles. The van der Waals surface area contributed by atoms with E-state index in [0.717, 1.165) is 4.68 Å². The molecule has 0 saturated carbocycles. The summed E-state index contributed by atoms with van der Waals surface area (Å²) in [6, 6.07) is 6.49. The van der Waals surface area contributed by atoms with Gasteiger partial charge in [-0.3, -0.25) is 4.79 Å². The molecule has 0 spiro atoms. The minimum atomic E-state index is -0.720. The van der Waals surface area contributed by atoms with Crippen LogP contribution in [0.15, 0.2) is 38.9 Å². The number of rotatable bonds is 4. The topological polar surface area (TPSA) is 103 Å². The smallest absolute Gasteiger partial charge is 0.396 e. The molecule has 0 bridgehead atoms. The van der Waals surface area contributed by atoms with E-state index in [1.165, 1.54) is 23.5 Å². The lowest BCUT2D eigenvalue weighted by molar-refractivity contribution is -0.117. The minimum Gasteiger partial charge on any atom is -0.396 e. The van der Waals surface area contributed by atoms with Gasteiger partial charge in [0.25, 0.3) is 5.89 Å². The second kappa shape index (κ2) is 6.68. The molecule has 1 amide bonds. The number of nitrogens with two attached hydrogens (primary N) is 1. The van der Waals surface area contributed by atoms with Crippen LogP contribution < -0.4 is 16.8 Å². The Labute approximate surface area is 149 Å². The second-order valence-corrected chi connectivity index (χ2v) is 6.47. The van der Waals surface area contributed by atoms with Gasteiger partial charge in [0, 0.05) is 5.69 Å². The Kier molecular flexibility index (Phi) is 4.61. The number of carbonyl (C=O) groups is 1. The van der Waals surface area contributed by atoms with E-state index in [0.29, 0.717) is 10.6 Å². The van der Waals surface area contributed by atoms with Crippen molar-refractivity contribution in [2.75, 3.05) is 11.1 Å². The molecule has 3 rings (SSSR count). The zero-order valence-corrected chi connectivity index (χ0v) is 14.3. The summed E-state index contributed by atoms with van der Waals surface area (Å²) in [5, 5.41) is 8.83. The fourth-order valence-corrected chi connectivity index (χ4v) is 3.03. The first-order chi connectivity index (χ1) is 11.4. The minimum absolute atomic E-state index is 0.168. The van der Waals surface area contributed by atoms with Gasteiger partial charge in [-0.2, -0.15) is 4.68 Å². The molecule has 24 heavy (non-hydrogen) atoms. The molecule has 0 aliphatic rings. The number of nitrogens with zero attached hydrogens (tertiary/aromatic N) is 2. The lowest BCUT2D eigenvalue weighted by atomic mass is 10.3. The average molecular weight is 385 g/mol. The summed E-state index contributed by atoms with van der Waals surface area (Å²) in [4.78, 5) is 24.5. The molecule has 10 heteroatoms. The number of hydrogen-bond donors (Lipinski definition) is 2. The van der Waals surface area contributed by atoms with Crippen LogP contribution in [0.2, 0.25) is 10.0 Å². The number of hydrogen-bond acceptors (Lipinski definition) is 6. The quantitative estimate of drug-likeness (QED) is 0.672. The molecule has 124 valence electrons. The van der Waals surface area contributed by atoms with Crippen LogP contribution in [0.25, 0.3) is 10.8 Å². The molecule has 0 unspecified atom stereocenters. The van der Waals surface area contributed by atoms with Crippen LogP contribution in [0.5, 0.6) is 0 Å². The highest BCUT2D eigenvalue weighted by Gasteiger charge is 2.14. The van der Waals surface area contributed by atoms with Gasteiger partial charge < -0.3 is 15.5 Å². The van der Waals surface area contributed by atoms with Gasteiger partial charge in [-0.25, -0.2) is 4.79 Å². The van der Waals surface area contributed by atoms with Crippen molar-refractivity contribution in [3.63, 3.8) is 0 Å². The summed E-state index contributed by atoms with van der Waals surface area (Å²) in [7, 11) is 0. The molecule has 0 aliphatic heterocycles. The number of benzene rings is 1.